The SMILES string of the molecule is CNc1nc(Nc2ccc(OC)cc2C)c(Cl)cc1Cl. The van der Waals surface area contributed by atoms with Crippen LogP contribution in [0.15, 0.2) is 24.3 Å². The molecule has 0 amide bonds. The van der Waals surface area contributed by atoms with E-state index in [0.29, 0.717) is 21.7 Å². The smallest absolute Gasteiger partial charge is 0.151 e. The summed E-state index contributed by atoms with van der Waals surface area (Å²) in [7, 11) is 3.39. The Morgan fingerprint density at radius 3 is 2.40 bits per heavy atom. The van der Waals surface area contributed by atoms with Gasteiger partial charge in [0, 0.05) is 12.7 Å². The van der Waals surface area contributed by atoms with Gasteiger partial charge in [0.05, 0.1) is 17.2 Å². The van der Waals surface area contributed by atoms with E-state index in [1.165, 1.54) is 0 Å². The number of rotatable bonds is 4. The van der Waals surface area contributed by atoms with E-state index >= 15 is 0 Å². The first kappa shape index (κ1) is 14.8. The summed E-state index contributed by atoms with van der Waals surface area (Å²) in [6.07, 6.45) is 0. The fourth-order valence-corrected chi connectivity index (χ4v) is 2.26. The number of nitrogens with zero attached hydrogens (tertiary/aromatic N) is 1. The standard InChI is InChI=1S/C14H15Cl2N3O/c1-8-6-9(20-3)4-5-12(8)18-14-11(16)7-10(15)13(17-2)19-14/h4-7H,1-3H3,(H2,17,18,19). The van der Waals surface area contributed by atoms with Crippen molar-refractivity contribution in [2.45, 2.75) is 6.92 Å². The third kappa shape index (κ3) is 3.08. The highest BCUT2D eigenvalue weighted by molar-refractivity contribution is 6.37. The summed E-state index contributed by atoms with van der Waals surface area (Å²) in [4.78, 5) is 4.35. The Kier molecular flexibility index (Phi) is 4.57. The highest BCUT2D eigenvalue weighted by Gasteiger charge is 2.10. The van der Waals surface area contributed by atoms with Crippen LogP contribution in [-0.4, -0.2) is 19.1 Å². The Bertz CT molecular complexity index is 632. The zero-order valence-corrected chi connectivity index (χ0v) is 12.9. The molecule has 0 aliphatic carbocycles. The zero-order chi connectivity index (χ0) is 14.7. The number of ether oxygens (including phenoxy) is 1. The number of nitrogens with one attached hydrogen (secondary N) is 2. The normalized spacial score (nSPS) is 10.2. The average molecular weight is 312 g/mol. The highest BCUT2D eigenvalue weighted by atomic mass is 35.5. The molecule has 1 aromatic carbocycles. The number of hydrogen-bond donors (Lipinski definition) is 2. The van der Waals surface area contributed by atoms with Crippen LogP contribution in [-0.2, 0) is 0 Å². The summed E-state index contributed by atoms with van der Waals surface area (Å²) in [5.74, 6) is 1.93. The van der Waals surface area contributed by atoms with Crippen LogP contribution in [0.2, 0.25) is 10.0 Å². The van der Waals surface area contributed by atoms with Gasteiger partial charge >= 0.3 is 0 Å². The van der Waals surface area contributed by atoms with E-state index in [9.17, 15) is 0 Å². The van der Waals surface area contributed by atoms with Crippen LogP contribution < -0.4 is 15.4 Å². The van der Waals surface area contributed by atoms with Crippen LogP contribution in [0.25, 0.3) is 0 Å². The van der Waals surface area contributed by atoms with E-state index in [1.54, 1.807) is 20.2 Å². The molecule has 1 heterocycles. The number of halogens is 2. The summed E-state index contributed by atoms with van der Waals surface area (Å²) in [6.45, 7) is 1.98. The Balaban J connectivity index is 2.34. The van der Waals surface area contributed by atoms with Crippen LogP contribution in [0, 0.1) is 6.92 Å². The second-order valence-electron chi connectivity index (χ2n) is 4.21. The first-order valence-corrected chi connectivity index (χ1v) is 6.76. The van der Waals surface area contributed by atoms with Gasteiger partial charge in [0.1, 0.15) is 11.6 Å². The molecule has 2 N–H and O–H groups in total. The van der Waals surface area contributed by atoms with Crippen LogP contribution in [0.5, 0.6) is 5.75 Å². The van der Waals surface area contributed by atoms with Crippen molar-refractivity contribution >= 4 is 40.5 Å². The maximum atomic E-state index is 6.16. The molecular formula is C14H15Cl2N3O. The van der Waals surface area contributed by atoms with Crippen molar-refractivity contribution in [3.05, 3.63) is 39.9 Å². The van der Waals surface area contributed by atoms with E-state index in [2.05, 4.69) is 15.6 Å². The number of hydrogen-bond acceptors (Lipinski definition) is 4. The quantitative estimate of drug-likeness (QED) is 0.873. The van der Waals surface area contributed by atoms with E-state index in [4.69, 9.17) is 27.9 Å². The minimum absolute atomic E-state index is 0.462. The van der Waals surface area contributed by atoms with Gasteiger partial charge < -0.3 is 15.4 Å². The number of anilines is 3. The van der Waals surface area contributed by atoms with Gasteiger partial charge in [-0.2, -0.15) is 0 Å². The van der Waals surface area contributed by atoms with E-state index in [1.807, 2.05) is 25.1 Å². The van der Waals surface area contributed by atoms with E-state index < -0.39 is 0 Å². The molecule has 106 valence electrons. The Hall–Kier alpha value is -1.65. The summed E-state index contributed by atoms with van der Waals surface area (Å²) in [5, 5.41) is 7.06. The monoisotopic (exact) mass is 311 g/mol. The predicted molar refractivity (Wildman–Crippen MR) is 84.8 cm³/mol. The minimum atomic E-state index is 0.462. The van der Waals surface area contributed by atoms with Gasteiger partial charge in [0.2, 0.25) is 0 Å². The zero-order valence-electron chi connectivity index (χ0n) is 11.4. The van der Waals surface area contributed by atoms with Crippen molar-refractivity contribution in [1.82, 2.24) is 4.98 Å². The van der Waals surface area contributed by atoms with Gasteiger partial charge in [-0.1, -0.05) is 23.2 Å². The largest absolute Gasteiger partial charge is 0.497 e. The lowest BCUT2D eigenvalue weighted by molar-refractivity contribution is 0.414. The number of aromatic nitrogens is 1. The maximum Gasteiger partial charge on any atom is 0.151 e. The van der Waals surface area contributed by atoms with Crippen LogP contribution >= 0.6 is 23.2 Å². The topological polar surface area (TPSA) is 46.2 Å². The van der Waals surface area contributed by atoms with Gasteiger partial charge in [-0.15, -0.1) is 0 Å². The summed E-state index contributed by atoms with van der Waals surface area (Å²) in [5.41, 5.74) is 1.94. The second-order valence-corrected chi connectivity index (χ2v) is 5.02. The highest BCUT2D eigenvalue weighted by Crippen LogP contribution is 2.32. The number of aryl methyl sites for hydroxylation is 1. The molecule has 0 atom stereocenters. The molecule has 0 fully saturated rings. The number of benzene rings is 1. The predicted octanol–water partition coefficient (Wildman–Crippen LogP) is 4.49. The van der Waals surface area contributed by atoms with Crippen molar-refractivity contribution in [3.63, 3.8) is 0 Å². The molecule has 0 radical (unpaired) electrons. The van der Waals surface area contributed by atoms with Gasteiger partial charge in [0.25, 0.3) is 0 Å². The summed E-state index contributed by atoms with van der Waals surface area (Å²) >= 11 is 12.2. The maximum absolute atomic E-state index is 6.16. The van der Waals surface area contributed by atoms with Crippen molar-refractivity contribution in [3.8, 4) is 5.75 Å². The summed E-state index contributed by atoms with van der Waals surface area (Å²) < 4.78 is 5.18. The Morgan fingerprint density at radius 1 is 1.10 bits per heavy atom. The molecule has 0 aliphatic heterocycles. The van der Waals surface area contributed by atoms with Crippen molar-refractivity contribution in [1.29, 1.82) is 0 Å². The molecule has 0 saturated heterocycles. The molecule has 0 aliphatic rings. The molecule has 0 bridgehead atoms. The molecule has 20 heavy (non-hydrogen) atoms. The molecule has 4 nitrogen and oxygen atoms in total. The average Bonchev–Trinajstić information content (AvgIpc) is 2.43. The lowest BCUT2D eigenvalue weighted by Gasteiger charge is -2.13. The van der Waals surface area contributed by atoms with Crippen LogP contribution in [0.3, 0.4) is 0 Å². The van der Waals surface area contributed by atoms with Crippen molar-refractivity contribution in [2.75, 3.05) is 24.8 Å². The van der Waals surface area contributed by atoms with Crippen molar-refractivity contribution < 1.29 is 4.74 Å². The number of pyridine rings is 1. The van der Waals surface area contributed by atoms with E-state index in [0.717, 1.165) is 17.0 Å². The molecule has 2 rings (SSSR count). The Morgan fingerprint density at radius 2 is 1.80 bits per heavy atom. The molecule has 0 spiro atoms. The lowest BCUT2D eigenvalue weighted by atomic mass is 10.2. The number of methoxy groups -OCH3 is 1. The van der Waals surface area contributed by atoms with Gasteiger partial charge in [-0.25, -0.2) is 4.98 Å². The van der Waals surface area contributed by atoms with E-state index in [-0.39, 0.29) is 0 Å². The first-order chi connectivity index (χ1) is 9.55. The molecule has 2 aromatic rings. The van der Waals surface area contributed by atoms with Gasteiger partial charge in [-0.3, -0.25) is 0 Å². The molecular weight excluding hydrogens is 297 g/mol. The van der Waals surface area contributed by atoms with Crippen LogP contribution in [0.1, 0.15) is 5.56 Å². The van der Waals surface area contributed by atoms with Crippen molar-refractivity contribution in [2.24, 2.45) is 0 Å². The molecule has 6 heteroatoms. The third-order valence-corrected chi connectivity index (χ3v) is 3.43. The molecule has 0 saturated carbocycles. The Labute approximate surface area is 128 Å². The molecule has 1 aromatic heterocycles. The second kappa shape index (κ2) is 6.20. The fraction of sp³-hybridized carbons (Fsp3) is 0.214. The van der Waals surface area contributed by atoms with Crippen LogP contribution in [0.4, 0.5) is 17.3 Å². The first-order valence-electron chi connectivity index (χ1n) is 6.00. The fourth-order valence-electron chi connectivity index (χ4n) is 1.76. The summed E-state index contributed by atoms with van der Waals surface area (Å²) in [6, 6.07) is 7.38. The minimum Gasteiger partial charge on any atom is -0.497 e. The van der Waals surface area contributed by atoms with Gasteiger partial charge in [-0.05, 0) is 36.8 Å². The van der Waals surface area contributed by atoms with Gasteiger partial charge in [0.15, 0.2) is 5.82 Å². The third-order valence-electron chi connectivity index (χ3n) is 2.85. The lowest BCUT2D eigenvalue weighted by Crippen LogP contribution is -2.01. The molecule has 0 unspecified atom stereocenters.